The van der Waals surface area contributed by atoms with Crippen LogP contribution in [0.25, 0.3) is 0 Å². The molecule has 0 saturated heterocycles. The number of para-hydroxylation sites is 1. The number of hydrogen-bond donors (Lipinski definition) is 0. The van der Waals surface area contributed by atoms with Gasteiger partial charge in [-0.25, -0.2) is 0 Å². The van der Waals surface area contributed by atoms with E-state index in [0.717, 1.165) is 17.1 Å². The fourth-order valence-corrected chi connectivity index (χ4v) is 4.37. The van der Waals surface area contributed by atoms with Crippen LogP contribution in [-0.4, -0.2) is 23.7 Å². The molecule has 0 aliphatic heterocycles. The van der Waals surface area contributed by atoms with Gasteiger partial charge in [-0.15, -0.1) is 23.1 Å². The van der Waals surface area contributed by atoms with Gasteiger partial charge in [0.05, 0.1) is 13.7 Å². The van der Waals surface area contributed by atoms with Crippen molar-refractivity contribution in [2.45, 2.75) is 24.4 Å². The van der Waals surface area contributed by atoms with Gasteiger partial charge in [0.15, 0.2) is 0 Å². The smallest absolute Gasteiger partial charge is 0.224 e. The Kier molecular flexibility index (Phi) is 7.36. The summed E-state index contributed by atoms with van der Waals surface area (Å²) in [5.41, 5.74) is 1.03. The van der Waals surface area contributed by atoms with Gasteiger partial charge < -0.3 is 9.64 Å². The van der Waals surface area contributed by atoms with Crippen LogP contribution in [0, 0.1) is 0 Å². The van der Waals surface area contributed by atoms with Crippen LogP contribution >= 0.6 is 23.1 Å². The number of methoxy groups -OCH3 is 1. The van der Waals surface area contributed by atoms with Crippen LogP contribution in [0.1, 0.15) is 16.9 Å². The number of thiophene rings is 1. The first-order valence-corrected chi connectivity index (χ1v) is 10.7. The minimum atomic E-state index is 0.165. The summed E-state index contributed by atoms with van der Waals surface area (Å²) in [4.78, 5) is 17.2. The Morgan fingerprint density at radius 3 is 2.52 bits per heavy atom. The van der Waals surface area contributed by atoms with Gasteiger partial charge in [-0.1, -0.05) is 42.5 Å². The maximum absolute atomic E-state index is 12.9. The fraction of sp³-hybridized carbons (Fsp3) is 0.227. The maximum Gasteiger partial charge on any atom is 0.224 e. The highest BCUT2D eigenvalue weighted by Gasteiger charge is 2.17. The van der Waals surface area contributed by atoms with Crippen molar-refractivity contribution in [1.82, 2.24) is 4.90 Å². The average molecular weight is 398 g/mol. The Morgan fingerprint density at radius 1 is 1.00 bits per heavy atom. The van der Waals surface area contributed by atoms with Crippen LogP contribution < -0.4 is 4.74 Å². The van der Waals surface area contributed by atoms with Gasteiger partial charge in [-0.2, -0.15) is 0 Å². The summed E-state index contributed by atoms with van der Waals surface area (Å²) in [5, 5.41) is 2.05. The highest BCUT2D eigenvalue weighted by Crippen LogP contribution is 2.23. The van der Waals surface area contributed by atoms with Crippen molar-refractivity contribution in [2.75, 3.05) is 12.9 Å². The summed E-state index contributed by atoms with van der Waals surface area (Å²) in [6.45, 7) is 1.18. The average Bonchev–Trinajstić information content (AvgIpc) is 3.22. The molecule has 0 radical (unpaired) electrons. The van der Waals surface area contributed by atoms with Gasteiger partial charge in [0.2, 0.25) is 5.91 Å². The standard InChI is InChI=1S/C22H23NO2S2/c1-25-21-12-6-5-8-18(21)16-23(17-20-11-7-14-26-20)22(24)13-15-27-19-9-3-2-4-10-19/h2-12,14H,13,15-17H2,1H3. The lowest BCUT2D eigenvalue weighted by Crippen LogP contribution is -2.30. The Balaban J connectivity index is 1.66. The van der Waals surface area contributed by atoms with E-state index in [-0.39, 0.29) is 5.91 Å². The van der Waals surface area contributed by atoms with Crippen molar-refractivity contribution >= 4 is 29.0 Å². The highest BCUT2D eigenvalue weighted by atomic mass is 32.2. The third-order valence-electron chi connectivity index (χ3n) is 4.16. The molecule has 27 heavy (non-hydrogen) atoms. The maximum atomic E-state index is 12.9. The van der Waals surface area contributed by atoms with Crippen LogP contribution in [0.3, 0.4) is 0 Å². The summed E-state index contributed by atoms with van der Waals surface area (Å²) in [6.07, 6.45) is 0.514. The van der Waals surface area contributed by atoms with Crippen molar-refractivity contribution in [2.24, 2.45) is 0 Å². The Labute approximate surface area is 169 Å². The summed E-state index contributed by atoms with van der Waals surface area (Å²) < 4.78 is 5.46. The molecule has 1 heterocycles. The molecule has 0 bridgehead atoms. The van der Waals surface area contributed by atoms with Crippen molar-refractivity contribution < 1.29 is 9.53 Å². The van der Waals surface area contributed by atoms with E-state index in [4.69, 9.17) is 4.74 Å². The quantitative estimate of drug-likeness (QED) is 0.449. The van der Waals surface area contributed by atoms with Crippen LogP contribution in [0.2, 0.25) is 0 Å². The van der Waals surface area contributed by atoms with E-state index >= 15 is 0 Å². The third-order valence-corrected chi connectivity index (χ3v) is 6.04. The molecular weight excluding hydrogens is 374 g/mol. The van der Waals surface area contributed by atoms with Crippen LogP contribution in [0.5, 0.6) is 5.75 Å². The minimum Gasteiger partial charge on any atom is -0.496 e. The number of amides is 1. The molecule has 0 aliphatic rings. The summed E-state index contributed by atoms with van der Waals surface area (Å²) in [6, 6.07) is 22.2. The number of hydrogen-bond acceptors (Lipinski definition) is 4. The Morgan fingerprint density at radius 2 is 1.78 bits per heavy atom. The zero-order chi connectivity index (χ0) is 18.9. The van der Waals surface area contributed by atoms with Crippen molar-refractivity contribution in [1.29, 1.82) is 0 Å². The molecule has 1 aromatic heterocycles. The topological polar surface area (TPSA) is 29.5 Å². The Bertz CT molecular complexity index is 835. The summed E-state index contributed by atoms with van der Waals surface area (Å²) in [7, 11) is 1.67. The molecule has 0 atom stereocenters. The first kappa shape index (κ1) is 19.5. The number of thioether (sulfide) groups is 1. The molecule has 140 valence electrons. The molecule has 0 fully saturated rings. The lowest BCUT2D eigenvalue weighted by atomic mass is 10.1. The molecule has 3 rings (SSSR count). The third kappa shape index (κ3) is 5.88. The van der Waals surface area contributed by atoms with E-state index in [2.05, 4.69) is 18.2 Å². The van der Waals surface area contributed by atoms with Crippen molar-refractivity contribution in [3.8, 4) is 5.75 Å². The first-order chi connectivity index (χ1) is 13.3. The number of rotatable bonds is 9. The van der Waals surface area contributed by atoms with Crippen LogP contribution in [0.15, 0.2) is 77.0 Å². The van der Waals surface area contributed by atoms with Gasteiger partial charge in [-0.05, 0) is 29.6 Å². The molecule has 0 aliphatic carbocycles. The molecule has 0 saturated carbocycles. The van der Waals surface area contributed by atoms with Crippen molar-refractivity contribution in [3.05, 3.63) is 82.6 Å². The lowest BCUT2D eigenvalue weighted by molar-refractivity contribution is -0.131. The van der Waals surface area contributed by atoms with Gasteiger partial charge in [0.25, 0.3) is 0 Å². The largest absolute Gasteiger partial charge is 0.496 e. The zero-order valence-electron chi connectivity index (χ0n) is 15.3. The van der Waals surface area contributed by atoms with Gasteiger partial charge >= 0.3 is 0 Å². The van der Waals surface area contributed by atoms with Crippen LogP contribution in [0.4, 0.5) is 0 Å². The van der Waals surface area contributed by atoms with Crippen molar-refractivity contribution in [3.63, 3.8) is 0 Å². The monoisotopic (exact) mass is 397 g/mol. The van der Waals surface area contributed by atoms with Gasteiger partial charge in [0.1, 0.15) is 5.75 Å². The highest BCUT2D eigenvalue weighted by molar-refractivity contribution is 7.99. The predicted octanol–water partition coefficient (Wildman–Crippen LogP) is 5.47. The molecular formula is C22H23NO2S2. The number of carbonyl (C=O) groups excluding carboxylic acids is 1. The molecule has 0 N–H and O–H groups in total. The SMILES string of the molecule is COc1ccccc1CN(Cc1cccs1)C(=O)CCSc1ccccc1. The van der Waals surface area contributed by atoms with Gasteiger partial charge in [-0.3, -0.25) is 4.79 Å². The second kappa shape index (κ2) is 10.2. The summed E-state index contributed by atoms with van der Waals surface area (Å²) in [5.74, 6) is 1.76. The van der Waals surface area contributed by atoms with E-state index < -0.39 is 0 Å². The number of carbonyl (C=O) groups is 1. The van der Waals surface area contributed by atoms with E-state index in [0.29, 0.717) is 19.5 Å². The second-order valence-corrected chi connectivity index (χ2v) is 8.25. The molecule has 0 spiro atoms. The molecule has 3 aromatic rings. The second-order valence-electron chi connectivity index (χ2n) is 6.05. The zero-order valence-corrected chi connectivity index (χ0v) is 17.0. The molecule has 2 aromatic carbocycles. The summed E-state index contributed by atoms with van der Waals surface area (Å²) >= 11 is 3.40. The van der Waals surface area contributed by atoms with E-state index in [1.807, 2.05) is 58.8 Å². The molecule has 3 nitrogen and oxygen atoms in total. The Hall–Kier alpha value is -2.24. The molecule has 5 heteroatoms. The molecule has 1 amide bonds. The van der Waals surface area contributed by atoms with Gasteiger partial charge in [0, 0.05) is 34.1 Å². The van der Waals surface area contributed by atoms with E-state index in [1.165, 1.54) is 9.77 Å². The predicted molar refractivity (Wildman–Crippen MR) is 113 cm³/mol. The normalized spacial score (nSPS) is 10.6. The van der Waals surface area contributed by atoms with Crippen LogP contribution in [-0.2, 0) is 17.9 Å². The van der Waals surface area contributed by atoms with E-state index in [1.54, 1.807) is 30.2 Å². The minimum absolute atomic E-state index is 0.165. The number of nitrogens with zero attached hydrogens (tertiary/aromatic N) is 1. The number of benzene rings is 2. The molecule has 0 unspecified atom stereocenters. The number of ether oxygens (including phenoxy) is 1. The fourth-order valence-electron chi connectivity index (χ4n) is 2.79. The lowest BCUT2D eigenvalue weighted by Gasteiger charge is -2.23. The van der Waals surface area contributed by atoms with E-state index in [9.17, 15) is 4.79 Å². The first-order valence-electron chi connectivity index (χ1n) is 8.86.